The van der Waals surface area contributed by atoms with Gasteiger partial charge in [0.1, 0.15) is 10.8 Å². The van der Waals surface area contributed by atoms with Crippen molar-refractivity contribution in [1.29, 1.82) is 0 Å². The van der Waals surface area contributed by atoms with E-state index in [1.807, 2.05) is 0 Å². The first-order valence-corrected chi connectivity index (χ1v) is 5.29. The first kappa shape index (κ1) is 11.5. The molecular formula is C8H8F3N3OS. The summed E-state index contributed by atoms with van der Waals surface area (Å²) in [6, 6.07) is 1.33. The maximum atomic E-state index is 12.4. The SMILES string of the molecule is Nc1cc(SC2COC2)nc(C(F)(F)F)n1. The van der Waals surface area contributed by atoms with Gasteiger partial charge in [-0.3, -0.25) is 0 Å². The fourth-order valence-electron chi connectivity index (χ4n) is 1.08. The van der Waals surface area contributed by atoms with Crippen LogP contribution in [0.15, 0.2) is 11.1 Å². The number of anilines is 1. The van der Waals surface area contributed by atoms with Gasteiger partial charge in [-0.15, -0.1) is 0 Å². The Balaban J connectivity index is 2.21. The van der Waals surface area contributed by atoms with Crippen molar-refractivity contribution in [2.24, 2.45) is 0 Å². The van der Waals surface area contributed by atoms with Gasteiger partial charge in [0.15, 0.2) is 0 Å². The molecule has 8 heteroatoms. The number of halogens is 3. The van der Waals surface area contributed by atoms with Crippen molar-refractivity contribution in [2.45, 2.75) is 16.5 Å². The van der Waals surface area contributed by atoms with E-state index in [0.29, 0.717) is 13.2 Å². The van der Waals surface area contributed by atoms with Crippen molar-refractivity contribution < 1.29 is 17.9 Å². The van der Waals surface area contributed by atoms with E-state index in [2.05, 4.69) is 9.97 Å². The molecule has 16 heavy (non-hydrogen) atoms. The van der Waals surface area contributed by atoms with Gasteiger partial charge in [-0.25, -0.2) is 9.97 Å². The third kappa shape index (κ3) is 2.56. The van der Waals surface area contributed by atoms with Gasteiger partial charge in [-0.05, 0) is 0 Å². The molecule has 0 radical (unpaired) electrons. The second-order valence-electron chi connectivity index (χ2n) is 3.23. The molecule has 1 saturated heterocycles. The molecule has 88 valence electrons. The van der Waals surface area contributed by atoms with Crippen LogP contribution in [0.4, 0.5) is 19.0 Å². The fourth-order valence-corrected chi connectivity index (χ4v) is 2.08. The van der Waals surface area contributed by atoms with Crippen molar-refractivity contribution >= 4 is 17.6 Å². The highest BCUT2D eigenvalue weighted by atomic mass is 32.2. The number of nitrogen functional groups attached to an aromatic ring is 1. The van der Waals surface area contributed by atoms with Crippen molar-refractivity contribution in [3.63, 3.8) is 0 Å². The van der Waals surface area contributed by atoms with Crippen molar-refractivity contribution in [3.8, 4) is 0 Å². The van der Waals surface area contributed by atoms with Crippen LogP contribution in [-0.4, -0.2) is 28.4 Å². The van der Waals surface area contributed by atoms with E-state index in [1.54, 1.807) is 0 Å². The van der Waals surface area contributed by atoms with Crippen LogP contribution in [0.25, 0.3) is 0 Å². The largest absolute Gasteiger partial charge is 0.451 e. The first-order valence-electron chi connectivity index (χ1n) is 4.41. The molecule has 2 N–H and O–H groups in total. The zero-order chi connectivity index (χ0) is 11.8. The van der Waals surface area contributed by atoms with Gasteiger partial charge in [-0.2, -0.15) is 13.2 Å². The number of rotatable bonds is 2. The molecule has 0 aliphatic carbocycles. The average molecular weight is 251 g/mol. The molecular weight excluding hydrogens is 243 g/mol. The second-order valence-corrected chi connectivity index (χ2v) is 4.55. The van der Waals surface area contributed by atoms with Crippen molar-refractivity contribution in [2.75, 3.05) is 18.9 Å². The normalized spacial score (nSPS) is 17.2. The molecule has 4 nitrogen and oxygen atoms in total. The summed E-state index contributed by atoms with van der Waals surface area (Å²) in [5.74, 6) is -1.37. The Morgan fingerprint density at radius 3 is 2.56 bits per heavy atom. The molecule has 2 heterocycles. The minimum Gasteiger partial charge on any atom is -0.384 e. The van der Waals surface area contributed by atoms with Gasteiger partial charge >= 0.3 is 6.18 Å². The van der Waals surface area contributed by atoms with E-state index in [1.165, 1.54) is 17.8 Å². The number of nitrogens with zero attached hydrogens (tertiary/aromatic N) is 2. The topological polar surface area (TPSA) is 61.0 Å². The van der Waals surface area contributed by atoms with Gasteiger partial charge in [0, 0.05) is 6.07 Å². The molecule has 1 aromatic rings. The Labute approximate surface area is 93.4 Å². The molecule has 0 atom stereocenters. The zero-order valence-electron chi connectivity index (χ0n) is 7.99. The predicted octanol–water partition coefficient (Wildman–Crippen LogP) is 1.57. The molecule has 0 aromatic carbocycles. The number of alkyl halides is 3. The van der Waals surface area contributed by atoms with E-state index in [9.17, 15) is 13.2 Å². The lowest BCUT2D eigenvalue weighted by molar-refractivity contribution is -0.145. The summed E-state index contributed by atoms with van der Waals surface area (Å²) in [5.41, 5.74) is 5.30. The van der Waals surface area contributed by atoms with Crippen molar-refractivity contribution in [3.05, 3.63) is 11.9 Å². The van der Waals surface area contributed by atoms with Gasteiger partial charge in [0.2, 0.25) is 5.82 Å². The summed E-state index contributed by atoms with van der Waals surface area (Å²) in [6.07, 6.45) is -4.57. The van der Waals surface area contributed by atoms with Crippen molar-refractivity contribution in [1.82, 2.24) is 9.97 Å². The molecule has 0 bridgehead atoms. The minimum atomic E-state index is -4.57. The minimum absolute atomic E-state index is 0.149. The quantitative estimate of drug-likeness (QED) is 0.808. The molecule has 2 rings (SSSR count). The lowest BCUT2D eigenvalue weighted by atomic mass is 10.4. The van der Waals surface area contributed by atoms with E-state index < -0.39 is 12.0 Å². The van der Waals surface area contributed by atoms with Crippen LogP contribution < -0.4 is 5.73 Å². The maximum Gasteiger partial charge on any atom is 0.451 e. The summed E-state index contributed by atoms with van der Waals surface area (Å²) in [7, 11) is 0. The van der Waals surface area contributed by atoms with E-state index in [-0.39, 0.29) is 16.1 Å². The van der Waals surface area contributed by atoms with Crippen LogP contribution >= 0.6 is 11.8 Å². The third-order valence-corrected chi connectivity index (χ3v) is 2.93. The Kier molecular flexibility index (Phi) is 2.94. The Hall–Kier alpha value is -1.02. The summed E-state index contributed by atoms with van der Waals surface area (Å²) in [5, 5.41) is 0.378. The molecule has 1 aliphatic heterocycles. The number of nitrogens with two attached hydrogens (primary N) is 1. The Morgan fingerprint density at radius 1 is 1.38 bits per heavy atom. The molecule has 0 amide bonds. The predicted molar refractivity (Wildman–Crippen MR) is 51.9 cm³/mol. The summed E-state index contributed by atoms with van der Waals surface area (Å²) in [4.78, 5) is 6.57. The zero-order valence-corrected chi connectivity index (χ0v) is 8.81. The second kappa shape index (κ2) is 4.10. The lowest BCUT2D eigenvalue weighted by Gasteiger charge is -2.24. The highest BCUT2D eigenvalue weighted by molar-refractivity contribution is 8.00. The van der Waals surface area contributed by atoms with Crippen LogP contribution in [0.2, 0.25) is 0 Å². The van der Waals surface area contributed by atoms with Gasteiger partial charge in [0.05, 0.1) is 18.5 Å². The number of hydrogen-bond acceptors (Lipinski definition) is 5. The summed E-state index contributed by atoms with van der Waals surface area (Å²) >= 11 is 1.22. The Morgan fingerprint density at radius 2 is 2.06 bits per heavy atom. The van der Waals surface area contributed by atoms with Crippen LogP contribution in [0.3, 0.4) is 0 Å². The van der Waals surface area contributed by atoms with Gasteiger partial charge in [-0.1, -0.05) is 11.8 Å². The van der Waals surface area contributed by atoms with Gasteiger partial charge < -0.3 is 10.5 Å². The standard InChI is InChI=1S/C8H8F3N3OS/c9-8(10,11)7-13-5(12)1-6(14-7)16-4-2-15-3-4/h1,4H,2-3H2,(H2,12,13,14). The van der Waals surface area contributed by atoms with Crippen LogP contribution in [0.1, 0.15) is 5.82 Å². The van der Waals surface area contributed by atoms with Crippen LogP contribution in [0, 0.1) is 0 Å². The lowest BCUT2D eigenvalue weighted by Crippen LogP contribution is -2.30. The number of hydrogen-bond donors (Lipinski definition) is 1. The molecule has 0 unspecified atom stereocenters. The molecule has 1 aliphatic rings. The van der Waals surface area contributed by atoms with Crippen LogP contribution in [0.5, 0.6) is 0 Å². The molecule has 1 fully saturated rings. The average Bonchev–Trinajstić information content (AvgIpc) is 2.09. The van der Waals surface area contributed by atoms with Crippen LogP contribution in [-0.2, 0) is 10.9 Å². The monoisotopic (exact) mass is 251 g/mol. The fraction of sp³-hybridized carbons (Fsp3) is 0.500. The smallest absolute Gasteiger partial charge is 0.384 e. The number of aromatic nitrogens is 2. The maximum absolute atomic E-state index is 12.4. The van der Waals surface area contributed by atoms with E-state index >= 15 is 0 Å². The molecule has 1 aromatic heterocycles. The first-order chi connectivity index (χ1) is 7.45. The molecule has 0 spiro atoms. The number of thioether (sulfide) groups is 1. The Bertz CT molecular complexity index is 395. The summed E-state index contributed by atoms with van der Waals surface area (Å²) in [6.45, 7) is 1.05. The van der Waals surface area contributed by atoms with E-state index in [4.69, 9.17) is 10.5 Å². The highest BCUT2D eigenvalue weighted by Gasteiger charge is 2.35. The highest BCUT2D eigenvalue weighted by Crippen LogP contribution is 2.31. The third-order valence-electron chi connectivity index (χ3n) is 1.87. The van der Waals surface area contributed by atoms with Gasteiger partial charge in [0.25, 0.3) is 0 Å². The number of ether oxygens (including phenoxy) is 1. The summed E-state index contributed by atoms with van der Waals surface area (Å²) < 4.78 is 42.0. The molecule has 0 saturated carbocycles. The van der Waals surface area contributed by atoms with E-state index in [0.717, 1.165) is 0 Å².